The molecule has 0 aliphatic heterocycles. The predicted molar refractivity (Wildman–Crippen MR) is 97.8 cm³/mol. The Labute approximate surface area is 152 Å². The van der Waals surface area contributed by atoms with E-state index in [4.69, 9.17) is 4.74 Å². The van der Waals surface area contributed by atoms with Crippen molar-refractivity contribution in [3.8, 4) is 16.9 Å². The van der Waals surface area contributed by atoms with Gasteiger partial charge >= 0.3 is 5.97 Å². The maximum Gasteiger partial charge on any atom is 0.310 e. The summed E-state index contributed by atoms with van der Waals surface area (Å²) in [7, 11) is 0. The Morgan fingerprint density at radius 2 is 1.77 bits per heavy atom. The van der Waals surface area contributed by atoms with E-state index in [1.807, 2.05) is 18.2 Å². The van der Waals surface area contributed by atoms with E-state index in [2.05, 4.69) is 0 Å². The molecule has 1 atom stereocenters. The molecule has 2 aliphatic carbocycles. The molecule has 1 N–H and O–H groups in total. The van der Waals surface area contributed by atoms with Gasteiger partial charge in [0.25, 0.3) is 0 Å². The maximum atomic E-state index is 13.3. The van der Waals surface area contributed by atoms with Crippen molar-refractivity contribution >= 4 is 5.97 Å². The molecule has 2 fully saturated rings. The minimum atomic E-state index is -0.778. The molecule has 3 nitrogen and oxygen atoms in total. The first-order chi connectivity index (χ1) is 12.6. The van der Waals surface area contributed by atoms with E-state index in [1.54, 1.807) is 12.1 Å². The third-order valence-corrected chi connectivity index (χ3v) is 5.30. The van der Waals surface area contributed by atoms with Crippen molar-refractivity contribution in [1.82, 2.24) is 0 Å². The highest BCUT2D eigenvalue weighted by atomic mass is 19.1. The van der Waals surface area contributed by atoms with E-state index in [1.165, 1.54) is 25.0 Å². The molecule has 0 bridgehead atoms. The number of carboxylic acid groups (broad SMARTS) is 1. The Morgan fingerprint density at radius 3 is 2.38 bits per heavy atom. The van der Waals surface area contributed by atoms with Gasteiger partial charge in [-0.1, -0.05) is 37.1 Å². The van der Waals surface area contributed by atoms with Gasteiger partial charge in [-0.05, 0) is 60.4 Å². The molecule has 136 valence electrons. The fourth-order valence-electron chi connectivity index (χ4n) is 3.30. The Bertz CT molecular complexity index is 792. The van der Waals surface area contributed by atoms with Crippen LogP contribution >= 0.6 is 0 Å². The summed E-state index contributed by atoms with van der Waals surface area (Å²) in [5, 5.41) is 9.66. The highest BCUT2D eigenvalue weighted by Gasteiger charge is 2.31. The first-order valence-electron chi connectivity index (χ1n) is 9.35. The number of aliphatic carboxylic acids is 1. The number of hydrogen-bond acceptors (Lipinski definition) is 2. The fraction of sp³-hybridized carbons (Fsp3) is 0.409. The summed E-state index contributed by atoms with van der Waals surface area (Å²) in [5.74, 6) is 0.280. The lowest BCUT2D eigenvalue weighted by atomic mass is 9.91. The zero-order valence-corrected chi connectivity index (χ0v) is 14.7. The number of rotatable bonds is 8. The van der Waals surface area contributed by atoms with Crippen molar-refractivity contribution in [3.63, 3.8) is 0 Å². The number of benzene rings is 2. The topological polar surface area (TPSA) is 46.5 Å². The van der Waals surface area contributed by atoms with Crippen molar-refractivity contribution < 1.29 is 19.0 Å². The maximum absolute atomic E-state index is 13.3. The Hall–Kier alpha value is -2.36. The van der Waals surface area contributed by atoms with Gasteiger partial charge < -0.3 is 9.84 Å². The number of halogens is 1. The van der Waals surface area contributed by atoms with Gasteiger partial charge in [-0.25, -0.2) is 4.39 Å². The Morgan fingerprint density at radius 1 is 1.08 bits per heavy atom. The van der Waals surface area contributed by atoms with Gasteiger partial charge in [0.2, 0.25) is 0 Å². The minimum absolute atomic E-state index is 0.277. The first-order valence-corrected chi connectivity index (χ1v) is 9.35. The molecule has 2 aromatic carbocycles. The highest BCUT2D eigenvalue weighted by molar-refractivity contribution is 5.78. The van der Waals surface area contributed by atoms with Crippen LogP contribution in [0.1, 0.15) is 43.6 Å². The standard InChI is InChI=1S/C22H23FO3/c23-18-8-5-16(6-9-18)19-10-7-17(12-21(19)26-13-15-3-4-15)20(22(24)25)11-14-1-2-14/h5-10,12,14-15,20H,1-4,11,13H2,(H,24,25). The van der Waals surface area contributed by atoms with E-state index in [-0.39, 0.29) is 5.82 Å². The van der Waals surface area contributed by atoms with E-state index < -0.39 is 11.9 Å². The van der Waals surface area contributed by atoms with E-state index in [9.17, 15) is 14.3 Å². The molecule has 4 heteroatoms. The third-order valence-electron chi connectivity index (χ3n) is 5.30. The molecule has 2 aliphatic rings. The fourth-order valence-corrected chi connectivity index (χ4v) is 3.30. The van der Waals surface area contributed by atoms with Gasteiger partial charge in [0.15, 0.2) is 0 Å². The van der Waals surface area contributed by atoms with Crippen molar-refractivity contribution in [1.29, 1.82) is 0 Å². The van der Waals surface area contributed by atoms with E-state index in [0.29, 0.717) is 30.6 Å². The largest absolute Gasteiger partial charge is 0.493 e. The molecule has 4 rings (SSSR count). The zero-order valence-electron chi connectivity index (χ0n) is 14.7. The van der Waals surface area contributed by atoms with Crippen LogP contribution in [0, 0.1) is 17.7 Å². The van der Waals surface area contributed by atoms with Crippen molar-refractivity contribution in [3.05, 3.63) is 53.8 Å². The van der Waals surface area contributed by atoms with Gasteiger partial charge in [0.1, 0.15) is 11.6 Å². The molecular weight excluding hydrogens is 331 g/mol. The molecule has 1 unspecified atom stereocenters. The highest BCUT2D eigenvalue weighted by Crippen LogP contribution is 2.41. The van der Waals surface area contributed by atoms with Crippen molar-refractivity contribution in [2.24, 2.45) is 11.8 Å². The SMILES string of the molecule is O=C(O)C(CC1CC1)c1ccc(-c2ccc(F)cc2)c(OCC2CC2)c1. The Kier molecular flexibility index (Phi) is 4.66. The van der Waals surface area contributed by atoms with E-state index >= 15 is 0 Å². The molecule has 0 aromatic heterocycles. The number of carbonyl (C=O) groups is 1. The molecular formula is C22H23FO3. The number of ether oxygens (including phenoxy) is 1. The predicted octanol–water partition coefficient (Wildman–Crippen LogP) is 5.25. The van der Waals surface area contributed by atoms with Gasteiger partial charge in [0, 0.05) is 5.56 Å². The number of carboxylic acids is 1. The summed E-state index contributed by atoms with van der Waals surface area (Å²) in [6, 6.07) is 12.0. The van der Waals surface area contributed by atoms with Crippen molar-refractivity contribution in [2.45, 2.75) is 38.0 Å². The molecule has 0 heterocycles. The summed E-state index contributed by atoms with van der Waals surface area (Å²) >= 11 is 0. The molecule has 0 spiro atoms. The van der Waals surface area contributed by atoms with Gasteiger partial charge in [-0.3, -0.25) is 4.79 Å². The summed E-state index contributed by atoms with van der Waals surface area (Å²) in [4.78, 5) is 11.8. The van der Waals surface area contributed by atoms with Crippen LogP contribution in [-0.4, -0.2) is 17.7 Å². The smallest absolute Gasteiger partial charge is 0.310 e. The zero-order chi connectivity index (χ0) is 18.1. The monoisotopic (exact) mass is 354 g/mol. The lowest BCUT2D eigenvalue weighted by Crippen LogP contribution is -2.13. The third kappa shape index (κ3) is 4.06. The van der Waals surface area contributed by atoms with Crippen LogP contribution in [0.2, 0.25) is 0 Å². The molecule has 26 heavy (non-hydrogen) atoms. The Balaban J connectivity index is 1.66. The summed E-state index contributed by atoms with van der Waals surface area (Å²) < 4.78 is 19.3. The van der Waals surface area contributed by atoms with Crippen LogP contribution in [0.5, 0.6) is 5.75 Å². The van der Waals surface area contributed by atoms with E-state index in [0.717, 1.165) is 29.5 Å². The van der Waals surface area contributed by atoms with Gasteiger partial charge in [0.05, 0.1) is 12.5 Å². The lowest BCUT2D eigenvalue weighted by molar-refractivity contribution is -0.139. The summed E-state index contributed by atoms with van der Waals surface area (Å²) in [5.41, 5.74) is 2.55. The average Bonchev–Trinajstić information content (AvgIpc) is 3.54. The van der Waals surface area contributed by atoms with Crippen LogP contribution in [0.4, 0.5) is 4.39 Å². The molecule has 0 saturated heterocycles. The van der Waals surface area contributed by atoms with Crippen LogP contribution in [0.15, 0.2) is 42.5 Å². The van der Waals surface area contributed by atoms with Crippen LogP contribution in [-0.2, 0) is 4.79 Å². The van der Waals surface area contributed by atoms with Crippen LogP contribution < -0.4 is 4.74 Å². The molecule has 2 aromatic rings. The lowest BCUT2D eigenvalue weighted by Gasteiger charge is -2.17. The second kappa shape index (κ2) is 7.10. The van der Waals surface area contributed by atoms with Crippen LogP contribution in [0.3, 0.4) is 0 Å². The number of hydrogen-bond donors (Lipinski definition) is 1. The molecule has 2 saturated carbocycles. The molecule has 0 amide bonds. The quantitative estimate of drug-likeness (QED) is 0.704. The second-order valence-electron chi connectivity index (χ2n) is 7.59. The second-order valence-corrected chi connectivity index (χ2v) is 7.59. The van der Waals surface area contributed by atoms with Crippen molar-refractivity contribution in [2.75, 3.05) is 6.61 Å². The van der Waals surface area contributed by atoms with Gasteiger partial charge in [-0.2, -0.15) is 0 Å². The minimum Gasteiger partial charge on any atom is -0.493 e. The summed E-state index contributed by atoms with van der Waals surface area (Å²) in [6.45, 7) is 0.651. The normalized spacial score (nSPS) is 17.7. The first kappa shape index (κ1) is 17.1. The summed E-state index contributed by atoms with van der Waals surface area (Å²) in [6.07, 6.45) is 5.31. The van der Waals surface area contributed by atoms with Gasteiger partial charge in [-0.15, -0.1) is 0 Å². The van der Waals surface area contributed by atoms with Crippen LogP contribution in [0.25, 0.3) is 11.1 Å². The molecule has 0 radical (unpaired) electrons. The average molecular weight is 354 g/mol.